The maximum absolute atomic E-state index is 12.7. The van der Waals surface area contributed by atoms with E-state index in [-0.39, 0.29) is 5.78 Å². The summed E-state index contributed by atoms with van der Waals surface area (Å²) in [6, 6.07) is 27.1. The predicted octanol–water partition coefficient (Wildman–Crippen LogP) is 5.10. The molecule has 1 nitrogen and oxygen atoms in total. The van der Waals surface area contributed by atoms with E-state index in [1.807, 2.05) is 18.2 Å². The number of fused-ring (bicyclic) bond motifs is 1. The molecular weight excluding hydrogens is 347 g/mol. The largest absolute Gasteiger partial charge is 0.294 e. The van der Waals surface area contributed by atoms with Gasteiger partial charge in [-0.25, -0.2) is 0 Å². The third-order valence-electron chi connectivity index (χ3n) is 5.03. The van der Waals surface area contributed by atoms with Crippen LogP contribution in [0.5, 0.6) is 0 Å². The van der Waals surface area contributed by atoms with Crippen LogP contribution in [0.4, 0.5) is 0 Å². The summed E-state index contributed by atoms with van der Waals surface area (Å²) in [6.07, 6.45) is 2.39. The lowest BCUT2D eigenvalue weighted by molar-refractivity contribution is 0.0989. The molecule has 3 aromatic rings. The second-order valence-electron chi connectivity index (χ2n) is 6.50. The maximum Gasteiger partial charge on any atom is 0.166 e. The Morgan fingerprint density at radius 1 is 0.800 bits per heavy atom. The Balaban J connectivity index is 1.94. The standard InChI is InChI=1S/C22H19ClOP/c23-18-11-12-21-17(15-18)16-25(14-13-22(21)24,19-7-3-1-4-8-19)20-9-5-2-6-10-20/h1-12,15H,13-14,16H2/q+1. The first-order chi connectivity index (χ1) is 12.2. The van der Waals surface area contributed by atoms with Gasteiger partial charge in [0.15, 0.2) is 5.78 Å². The fourth-order valence-corrected chi connectivity index (χ4v) is 8.22. The van der Waals surface area contributed by atoms with E-state index in [2.05, 4.69) is 60.7 Å². The van der Waals surface area contributed by atoms with Crippen molar-refractivity contribution in [3.63, 3.8) is 0 Å². The van der Waals surface area contributed by atoms with Crippen molar-refractivity contribution in [2.45, 2.75) is 12.6 Å². The minimum absolute atomic E-state index is 0.236. The third kappa shape index (κ3) is 3.03. The summed E-state index contributed by atoms with van der Waals surface area (Å²) < 4.78 is 0. The van der Waals surface area contributed by atoms with Crippen molar-refractivity contribution in [1.82, 2.24) is 0 Å². The van der Waals surface area contributed by atoms with Gasteiger partial charge in [-0.2, -0.15) is 0 Å². The molecule has 25 heavy (non-hydrogen) atoms. The van der Waals surface area contributed by atoms with Gasteiger partial charge in [-0.15, -0.1) is 0 Å². The van der Waals surface area contributed by atoms with Crippen molar-refractivity contribution in [3.8, 4) is 0 Å². The number of hydrogen-bond acceptors (Lipinski definition) is 1. The quantitative estimate of drug-likeness (QED) is 0.578. The molecule has 0 spiro atoms. The smallest absolute Gasteiger partial charge is 0.166 e. The van der Waals surface area contributed by atoms with Crippen LogP contribution >= 0.6 is 18.9 Å². The van der Waals surface area contributed by atoms with Crippen LogP contribution in [0.15, 0.2) is 78.9 Å². The van der Waals surface area contributed by atoms with Gasteiger partial charge in [0.25, 0.3) is 0 Å². The van der Waals surface area contributed by atoms with Crippen molar-refractivity contribution in [1.29, 1.82) is 0 Å². The van der Waals surface area contributed by atoms with E-state index in [0.29, 0.717) is 11.4 Å². The number of carbonyl (C=O) groups is 1. The molecule has 1 aliphatic heterocycles. The summed E-state index contributed by atoms with van der Waals surface area (Å²) in [5.74, 6) is 0.236. The van der Waals surface area contributed by atoms with E-state index in [1.165, 1.54) is 10.6 Å². The SMILES string of the molecule is O=C1CC[P+](c2ccccc2)(c2ccccc2)Cc2cc(Cl)ccc21. The van der Waals surface area contributed by atoms with Gasteiger partial charge in [0, 0.05) is 22.6 Å². The number of halogens is 1. The van der Waals surface area contributed by atoms with Crippen LogP contribution in [-0.2, 0) is 6.16 Å². The normalized spacial score (nSPS) is 16.1. The highest BCUT2D eigenvalue weighted by Crippen LogP contribution is 2.61. The summed E-state index contributed by atoms with van der Waals surface area (Å²) in [5.41, 5.74) is 1.94. The summed E-state index contributed by atoms with van der Waals surface area (Å²) in [5, 5.41) is 3.43. The first-order valence-corrected chi connectivity index (χ1v) is 11.0. The van der Waals surface area contributed by atoms with Crippen LogP contribution in [0, 0.1) is 0 Å². The first kappa shape index (κ1) is 16.5. The molecule has 1 aliphatic rings. The lowest BCUT2D eigenvalue weighted by atomic mass is 10.0. The predicted molar refractivity (Wildman–Crippen MR) is 108 cm³/mol. The zero-order chi connectivity index (χ0) is 17.3. The van der Waals surface area contributed by atoms with Gasteiger partial charge in [0.2, 0.25) is 0 Å². The summed E-state index contributed by atoms with van der Waals surface area (Å²) >= 11 is 6.26. The molecule has 3 heteroatoms. The van der Waals surface area contributed by atoms with Crippen molar-refractivity contribution in [3.05, 3.63) is 95.0 Å². The van der Waals surface area contributed by atoms with Crippen molar-refractivity contribution in [2.75, 3.05) is 6.16 Å². The molecule has 0 unspecified atom stereocenters. The van der Waals surface area contributed by atoms with E-state index in [4.69, 9.17) is 11.6 Å². The molecule has 0 N–H and O–H groups in total. The highest BCUT2D eigenvalue weighted by Gasteiger charge is 2.45. The first-order valence-electron chi connectivity index (χ1n) is 8.49. The topological polar surface area (TPSA) is 17.1 Å². The van der Waals surface area contributed by atoms with Crippen LogP contribution in [0.2, 0.25) is 5.02 Å². The van der Waals surface area contributed by atoms with E-state index in [9.17, 15) is 4.79 Å². The molecule has 0 atom stereocenters. The molecule has 0 aliphatic carbocycles. The zero-order valence-electron chi connectivity index (χ0n) is 13.9. The van der Waals surface area contributed by atoms with Crippen LogP contribution < -0.4 is 10.6 Å². The molecule has 0 fully saturated rings. The number of benzene rings is 3. The summed E-state index contributed by atoms with van der Waals surface area (Å²) in [6.45, 7) is 0. The molecular formula is C22H19ClOP+. The van der Waals surface area contributed by atoms with E-state index < -0.39 is 7.26 Å². The van der Waals surface area contributed by atoms with Gasteiger partial charge < -0.3 is 0 Å². The van der Waals surface area contributed by atoms with Gasteiger partial charge >= 0.3 is 0 Å². The summed E-state index contributed by atoms with van der Waals surface area (Å²) in [4.78, 5) is 12.7. The lowest BCUT2D eigenvalue weighted by Gasteiger charge is -2.26. The highest BCUT2D eigenvalue weighted by molar-refractivity contribution is 7.88. The molecule has 0 radical (unpaired) electrons. The second-order valence-corrected chi connectivity index (χ2v) is 10.7. The molecule has 0 amide bonds. The maximum atomic E-state index is 12.7. The minimum atomic E-state index is -1.71. The van der Waals surface area contributed by atoms with Crippen molar-refractivity contribution in [2.24, 2.45) is 0 Å². The Morgan fingerprint density at radius 3 is 2.00 bits per heavy atom. The van der Waals surface area contributed by atoms with Crippen molar-refractivity contribution >= 4 is 35.3 Å². The Morgan fingerprint density at radius 2 is 1.40 bits per heavy atom. The number of carbonyl (C=O) groups excluding carboxylic acids is 1. The van der Waals surface area contributed by atoms with Gasteiger partial charge in [0.1, 0.15) is 0 Å². The van der Waals surface area contributed by atoms with Crippen LogP contribution in [0.25, 0.3) is 0 Å². The van der Waals surface area contributed by atoms with E-state index in [0.717, 1.165) is 23.5 Å². The molecule has 0 aromatic heterocycles. The number of ketones is 1. The average molecular weight is 366 g/mol. The number of Topliss-reactive ketones (excluding diaryl/α,β-unsaturated/α-hetero) is 1. The third-order valence-corrected chi connectivity index (χ3v) is 9.71. The fourth-order valence-electron chi connectivity index (χ4n) is 3.78. The zero-order valence-corrected chi connectivity index (χ0v) is 15.5. The fraction of sp³-hybridized carbons (Fsp3) is 0.136. The van der Waals surface area contributed by atoms with E-state index >= 15 is 0 Å². The van der Waals surface area contributed by atoms with Crippen LogP contribution in [0.3, 0.4) is 0 Å². The Hall–Kier alpha value is -1.95. The number of rotatable bonds is 2. The molecule has 0 saturated carbocycles. The highest BCUT2D eigenvalue weighted by atomic mass is 35.5. The Labute approximate surface area is 154 Å². The molecule has 1 heterocycles. The minimum Gasteiger partial charge on any atom is -0.294 e. The summed E-state index contributed by atoms with van der Waals surface area (Å²) in [7, 11) is -1.71. The molecule has 3 aromatic carbocycles. The lowest BCUT2D eigenvalue weighted by Crippen LogP contribution is -2.26. The Bertz CT molecular complexity index is 866. The number of hydrogen-bond donors (Lipinski definition) is 0. The Kier molecular flexibility index (Phi) is 4.46. The molecule has 0 bridgehead atoms. The van der Waals surface area contributed by atoms with E-state index in [1.54, 1.807) is 0 Å². The molecule has 0 saturated heterocycles. The van der Waals surface area contributed by atoms with Gasteiger partial charge in [-0.1, -0.05) is 48.0 Å². The average Bonchev–Trinajstić information content (AvgIpc) is 2.80. The molecule has 124 valence electrons. The van der Waals surface area contributed by atoms with Gasteiger partial charge in [-0.3, -0.25) is 4.79 Å². The van der Waals surface area contributed by atoms with Crippen LogP contribution in [-0.4, -0.2) is 11.9 Å². The van der Waals surface area contributed by atoms with Crippen molar-refractivity contribution < 1.29 is 4.79 Å². The van der Waals surface area contributed by atoms with Crippen LogP contribution in [0.1, 0.15) is 22.3 Å². The van der Waals surface area contributed by atoms with Gasteiger partial charge in [-0.05, 0) is 42.5 Å². The monoisotopic (exact) mass is 365 g/mol. The molecule has 4 rings (SSSR count). The second kappa shape index (κ2) is 6.75. The van der Waals surface area contributed by atoms with Gasteiger partial charge in [0.05, 0.1) is 30.2 Å².